The first-order valence-corrected chi connectivity index (χ1v) is 8.64. The molecule has 1 fully saturated rings. The van der Waals surface area contributed by atoms with Crippen molar-refractivity contribution >= 4 is 11.9 Å². The average Bonchev–Trinajstić information content (AvgIpc) is 2.62. The van der Waals surface area contributed by atoms with Gasteiger partial charge in [0.25, 0.3) is 5.91 Å². The number of methoxy groups -OCH3 is 2. The lowest BCUT2D eigenvalue weighted by atomic mass is 9.78. The third-order valence-corrected chi connectivity index (χ3v) is 5.01. The lowest BCUT2D eigenvalue weighted by Crippen LogP contribution is -2.45. The van der Waals surface area contributed by atoms with Gasteiger partial charge >= 0.3 is 5.97 Å². The Bertz CT molecular complexity index is 616. The van der Waals surface area contributed by atoms with Crippen molar-refractivity contribution < 1.29 is 23.8 Å². The van der Waals surface area contributed by atoms with E-state index in [0.29, 0.717) is 28.9 Å². The summed E-state index contributed by atoms with van der Waals surface area (Å²) < 4.78 is 15.4. The molecule has 0 aromatic heterocycles. The predicted molar refractivity (Wildman–Crippen MR) is 93.9 cm³/mol. The number of nitrogens with one attached hydrogen (secondary N) is 1. The quantitative estimate of drug-likeness (QED) is 0.800. The van der Waals surface area contributed by atoms with Gasteiger partial charge in [0, 0.05) is 6.04 Å². The molecule has 6 nitrogen and oxygen atoms in total. The Morgan fingerprint density at radius 2 is 1.84 bits per heavy atom. The van der Waals surface area contributed by atoms with Gasteiger partial charge in [-0.05, 0) is 36.5 Å². The molecule has 6 heteroatoms. The fourth-order valence-corrected chi connectivity index (χ4v) is 3.21. The third-order valence-electron chi connectivity index (χ3n) is 5.01. The van der Waals surface area contributed by atoms with Crippen LogP contribution in [0.25, 0.3) is 0 Å². The van der Waals surface area contributed by atoms with E-state index in [1.165, 1.54) is 26.7 Å². The Labute approximate surface area is 148 Å². The van der Waals surface area contributed by atoms with Crippen LogP contribution in [0.15, 0.2) is 18.2 Å². The van der Waals surface area contributed by atoms with E-state index in [0.717, 1.165) is 12.8 Å². The molecule has 1 aromatic rings. The summed E-state index contributed by atoms with van der Waals surface area (Å²) in [6, 6.07) is 4.88. The molecule has 2 rings (SSSR count). The normalized spacial score (nSPS) is 22.8. The number of carbonyl (C=O) groups excluding carboxylic acids is 2. The molecular weight excluding hydrogens is 322 g/mol. The topological polar surface area (TPSA) is 73.9 Å². The minimum absolute atomic E-state index is 0.149. The fourth-order valence-electron chi connectivity index (χ4n) is 3.21. The number of amides is 1. The van der Waals surface area contributed by atoms with E-state index in [-0.39, 0.29) is 18.6 Å². The third kappa shape index (κ3) is 4.87. The number of carbonyl (C=O) groups is 2. The summed E-state index contributed by atoms with van der Waals surface area (Å²) >= 11 is 0. The van der Waals surface area contributed by atoms with Crippen molar-refractivity contribution in [1.29, 1.82) is 0 Å². The summed E-state index contributed by atoms with van der Waals surface area (Å²) in [6.07, 6.45) is 3.28. The van der Waals surface area contributed by atoms with Crippen molar-refractivity contribution in [2.24, 2.45) is 11.8 Å². The van der Waals surface area contributed by atoms with Gasteiger partial charge in [0.2, 0.25) is 0 Å². The Balaban J connectivity index is 1.88. The van der Waals surface area contributed by atoms with E-state index in [9.17, 15) is 9.59 Å². The maximum absolute atomic E-state index is 12.1. The first-order chi connectivity index (χ1) is 12.0. The van der Waals surface area contributed by atoms with Crippen molar-refractivity contribution in [3.8, 4) is 11.5 Å². The maximum Gasteiger partial charge on any atom is 0.338 e. The maximum atomic E-state index is 12.1. The minimum Gasteiger partial charge on any atom is -0.493 e. The van der Waals surface area contributed by atoms with Crippen molar-refractivity contribution in [1.82, 2.24) is 5.32 Å². The molecule has 0 radical (unpaired) electrons. The van der Waals surface area contributed by atoms with Gasteiger partial charge in [0.15, 0.2) is 18.1 Å². The van der Waals surface area contributed by atoms with Gasteiger partial charge in [0.1, 0.15) is 0 Å². The number of ether oxygens (including phenoxy) is 3. The summed E-state index contributed by atoms with van der Waals surface area (Å²) in [4.78, 5) is 24.2. The molecule has 0 unspecified atom stereocenters. The molecule has 0 bridgehead atoms. The highest BCUT2D eigenvalue weighted by Gasteiger charge is 2.28. The van der Waals surface area contributed by atoms with Gasteiger partial charge in [-0.3, -0.25) is 4.79 Å². The van der Waals surface area contributed by atoms with Crippen molar-refractivity contribution in [2.45, 2.75) is 39.2 Å². The molecule has 0 saturated heterocycles. The highest BCUT2D eigenvalue weighted by atomic mass is 16.5. The van der Waals surface area contributed by atoms with Gasteiger partial charge in [-0.25, -0.2) is 4.79 Å². The van der Waals surface area contributed by atoms with Crippen molar-refractivity contribution in [2.75, 3.05) is 20.8 Å². The van der Waals surface area contributed by atoms with Gasteiger partial charge in [-0.2, -0.15) is 0 Å². The number of hydrogen-bond donors (Lipinski definition) is 1. The number of hydrogen-bond acceptors (Lipinski definition) is 5. The summed E-state index contributed by atoms with van der Waals surface area (Å²) in [6.45, 7) is 4.08. The molecular formula is C19H27NO5. The molecule has 1 saturated carbocycles. The van der Waals surface area contributed by atoms with E-state index in [2.05, 4.69) is 19.2 Å². The zero-order chi connectivity index (χ0) is 18.4. The first kappa shape index (κ1) is 19.1. The van der Waals surface area contributed by atoms with Crippen LogP contribution < -0.4 is 14.8 Å². The second-order valence-electron chi connectivity index (χ2n) is 6.59. The minimum atomic E-state index is -0.568. The van der Waals surface area contributed by atoms with E-state index < -0.39 is 5.97 Å². The molecule has 0 heterocycles. The van der Waals surface area contributed by atoms with Crippen LogP contribution in [0.4, 0.5) is 0 Å². The Kier molecular flexibility index (Phi) is 6.67. The fraction of sp³-hybridized carbons (Fsp3) is 0.579. The van der Waals surface area contributed by atoms with Gasteiger partial charge in [-0.1, -0.05) is 26.7 Å². The molecule has 138 valence electrons. The van der Waals surface area contributed by atoms with Gasteiger partial charge in [0.05, 0.1) is 19.8 Å². The van der Waals surface area contributed by atoms with Crippen molar-refractivity contribution in [3.05, 3.63) is 23.8 Å². The average molecular weight is 349 g/mol. The number of esters is 1. The van der Waals surface area contributed by atoms with Crippen LogP contribution in [0, 0.1) is 11.8 Å². The predicted octanol–water partition coefficient (Wildman–Crippen LogP) is 2.80. The van der Waals surface area contributed by atoms with Gasteiger partial charge in [-0.15, -0.1) is 0 Å². The zero-order valence-corrected chi connectivity index (χ0v) is 15.3. The Morgan fingerprint density at radius 3 is 2.52 bits per heavy atom. The van der Waals surface area contributed by atoms with E-state index in [1.807, 2.05) is 0 Å². The van der Waals surface area contributed by atoms with Crippen LogP contribution in [0.1, 0.15) is 43.5 Å². The number of benzene rings is 1. The van der Waals surface area contributed by atoms with Crippen LogP contribution >= 0.6 is 0 Å². The van der Waals surface area contributed by atoms with Crippen LogP contribution in [-0.4, -0.2) is 38.7 Å². The molecule has 0 spiro atoms. The van der Waals surface area contributed by atoms with Crippen LogP contribution in [0.2, 0.25) is 0 Å². The standard InChI is InChI=1S/C19H27NO5/c1-12-6-5-7-15(13(12)2)20-18(21)11-25-19(22)14-8-9-16(23-3)17(10-14)24-4/h8-10,12-13,15H,5-7,11H2,1-4H3,(H,20,21)/t12-,13-,15+/m0/s1. The lowest BCUT2D eigenvalue weighted by molar-refractivity contribution is -0.125. The molecule has 1 amide bonds. The monoisotopic (exact) mass is 349 g/mol. The molecule has 3 atom stereocenters. The highest BCUT2D eigenvalue weighted by Crippen LogP contribution is 2.29. The summed E-state index contributed by atoms with van der Waals surface area (Å²) in [5, 5.41) is 2.99. The smallest absolute Gasteiger partial charge is 0.338 e. The number of rotatable bonds is 6. The second kappa shape index (κ2) is 8.74. The Hall–Kier alpha value is -2.24. The molecule has 1 aliphatic carbocycles. The zero-order valence-electron chi connectivity index (χ0n) is 15.3. The second-order valence-corrected chi connectivity index (χ2v) is 6.59. The summed E-state index contributed by atoms with van der Waals surface area (Å²) in [5.41, 5.74) is 0.310. The van der Waals surface area contributed by atoms with E-state index >= 15 is 0 Å². The highest BCUT2D eigenvalue weighted by molar-refractivity contribution is 5.92. The van der Waals surface area contributed by atoms with Crippen LogP contribution in [0.5, 0.6) is 11.5 Å². The molecule has 25 heavy (non-hydrogen) atoms. The SMILES string of the molecule is COc1ccc(C(=O)OCC(=O)N[C@@H]2CCC[C@H](C)[C@@H]2C)cc1OC. The van der Waals surface area contributed by atoms with Crippen molar-refractivity contribution in [3.63, 3.8) is 0 Å². The Morgan fingerprint density at radius 1 is 1.12 bits per heavy atom. The van der Waals surface area contributed by atoms with Crippen LogP contribution in [-0.2, 0) is 9.53 Å². The molecule has 1 aliphatic rings. The first-order valence-electron chi connectivity index (χ1n) is 8.64. The van der Waals surface area contributed by atoms with Crippen LogP contribution in [0.3, 0.4) is 0 Å². The van der Waals surface area contributed by atoms with E-state index in [4.69, 9.17) is 14.2 Å². The largest absolute Gasteiger partial charge is 0.493 e. The lowest BCUT2D eigenvalue weighted by Gasteiger charge is -2.34. The van der Waals surface area contributed by atoms with Gasteiger partial charge < -0.3 is 19.5 Å². The summed E-state index contributed by atoms with van der Waals surface area (Å²) in [5.74, 6) is 1.15. The molecule has 1 N–H and O–H groups in total. The molecule has 0 aliphatic heterocycles. The molecule has 1 aromatic carbocycles. The summed E-state index contributed by atoms with van der Waals surface area (Å²) in [7, 11) is 3.01. The van der Waals surface area contributed by atoms with E-state index in [1.54, 1.807) is 12.1 Å².